The van der Waals surface area contributed by atoms with E-state index in [1.807, 2.05) is 29.2 Å². The van der Waals surface area contributed by atoms with Crippen molar-refractivity contribution in [1.82, 2.24) is 0 Å². The van der Waals surface area contributed by atoms with Gasteiger partial charge in [-0.3, -0.25) is 4.79 Å². The van der Waals surface area contributed by atoms with E-state index in [2.05, 4.69) is 0 Å². The Kier molecular flexibility index (Phi) is 3.57. The molecule has 0 bridgehead atoms. The third-order valence-corrected chi connectivity index (χ3v) is 3.09. The predicted molar refractivity (Wildman–Crippen MR) is 67.0 cm³/mol. The van der Waals surface area contributed by atoms with Crippen molar-refractivity contribution in [2.24, 2.45) is 0 Å². The van der Waals surface area contributed by atoms with E-state index in [1.54, 1.807) is 6.92 Å². The van der Waals surface area contributed by atoms with Crippen LogP contribution in [0.4, 0.5) is 5.69 Å². The van der Waals surface area contributed by atoms with Crippen molar-refractivity contribution in [2.45, 2.75) is 32.6 Å². The zero-order chi connectivity index (χ0) is 12.3. The topological polar surface area (TPSA) is 37.4 Å². The van der Waals surface area contributed by atoms with E-state index in [4.69, 9.17) is 0 Å². The monoisotopic (exact) mass is 231 g/mol. The molecule has 1 heterocycles. The van der Waals surface area contributed by atoms with Gasteiger partial charge in [0.25, 0.3) is 0 Å². The fourth-order valence-corrected chi connectivity index (χ4v) is 2.21. The minimum atomic E-state index is 0.175. The highest BCUT2D eigenvalue weighted by Gasteiger charge is 2.25. The maximum absolute atomic E-state index is 11.8. The van der Waals surface area contributed by atoms with Crippen LogP contribution < -0.4 is 4.90 Å². The number of ketones is 1. The Labute approximate surface area is 101 Å². The van der Waals surface area contributed by atoms with Gasteiger partial charge < -0.3 is 9.69 Å². The number of anilines is 1. The quantitative estimate of drug-likeness (QED) is 0.729. The van der Waals surface area contributed by atoms with Crippen LogP contribution in [-0.2, 0) is 16.0 Å². The molecule has 17 heavy (non-hydrogen) atoms. The molecular weight excluding hydrogens is 214 g/mol. The summed E-state index contributed by atoms with van der Waals surface area (Å²) in [6, 6.07) is 7.92. The molecule has 0 atom stereocenters. The Morgan fingerprint density at radius 3 is 2.82 bits per heavy atom. The lowest BCUT2D eigenvalue weighted by Gasteiger charge is -2.16. The van der Waals surface area contributed by atoms with Gasteiger partial charge in [-0.05, 0) is 31.4 Å². The molecular formula is C14H17NO2. The van der Waals surface area contributed by atoms with Crippen molar-refractivity contribution in [3.05, 3.63) is 29.8 Å². The number of unbranched alkanes of at least 4 members (excludes halogenated alkanes) is 1. The zero-order valence-electron chi connectivity index (χ0n) is 10.1. The number of carbonyl (C=O) groups excluding carboxylic acids is 2. The number of Topliss-reactive ketones (excluding diaryl/α,β-unsaturated/α-hetero) is 1. The molecule has 90 valence electrons. The molecule has 3 nitrogen and oxygen atoms in total. The average molecular weight is 231 g/mol. The summed E-state index contributed by atoms with van der Waals surface area (Å²) in [4.78, 5) is 24.5. The van der Waals surface area contributed by atoms with Crippen molar-refractivity contribution in [2.75, 3.05) is 11.4 Å². The number of benzene rings is 1. The molecule has 0 saturated carbocycles. The fourth-order valence-electron chi connectivity index (χ4n) is 2.21. The Morgan fingerprint density at radius 1 is 1.29 bits per heavy atom. The molecule has 3 heteroatoms. The summed E-state index contributed by atoms with van der Waals surface area (Å²) in [5.74, 6) is 0.396. The average Bonchev–Trinajstić information content (AvgIpc) is 2.60. The summed E-state index contributed by atoms with van der Waals surface area (Å²) in [5, 5.41) is 0. The first-order chi connectivity index (χ1) is 8.18. The minimum Gasteiger partial charge on any atom is -0.312 e. The van der Waals surface area contributed by atoms with E-state index in [1.165, 1.54) is 0 Å². The Bertz CT molecular complexity index is 440. The Balaban J connectivity index is 1.93. The van der Waals surface area contributed by atoms with Crippen LogP contribution in [0.15, 0.2) is 24.3 Å². The van der Waals surface area contributed by atoms with Crippen LogP contribution in [0.3, 0.4) is 0 Å². The summed E-state index contributed by atoms with van der Waals surface area (Å²) in [6.45, 7) is 2.33. The third-order valence-electron chi connectivity index (χ3n) is 3.09. The minimum absolute atomic E-state index is 0.175. The maximum Gasteiger partial charge on any atom is 0.231 e. The fraction of sp³-hybridized carbons (Fsp3) is 0.429. The van der Waals surface area contributed by atoms with E-state index in [0.717, 1.165) is 30.6 Å². The smallest absolute Gasteiger partial charge is 0.231 e. The Morgan fingerprint density at radius 2 is 2.06 bits per heavy atom. The molecule has 0 unspecified atom stereocenters. The number of carbonyl (C=O) groups is 2. The predicted octanol–water partition coefficient (Wildman–Crippen LogP) is 2.34. The van der Waals surface area contributed by atoms with Gasteiger partial charge in [-0.2, -0.15) is 0 Å². The number of rotatable bonds is 5. The molecule has 0 fully saturated rings. The molecule has 2 rings (SSSR count). The van der Waals surface area contributed by atoms with Crippen LogP contribution in [-0.4, -0.2) is 18.2 Å². The van der Waals surface area contributed by atoms with Crippen molar-refractivity contribution in [3.63, 3.8) is 0 Å². The molecule has 0 radical (unpaired) electrons. The molecule has 0 aliphatic carbocycles. The first-order valence-corrected chi connectivity index (χ1v) is 6.06. The van der Waals surface area contributed by atoms with Crippen molar-refractivity contribution in [3.8, 4) is 0 Å². The number of fused-ring (bicyclic) bond motifs is 1. The summed E-state index contributed by atoms with van der Waals surface area (Å²) >= 11 is 0. The van der Waals surface area contributed by atoms with Crippen LogP contribution in [0.1, 0.15) is 31.7 Å². The van der Waals surface area contributed by atoms with E-state index in [9.17, 15) is 9.59 Å². The van der Waals surface area contributed by atoms with Gasteiger partial charge in [-0.25, -0.2) is 0 Å². The number of nitrogens with zero attached hydrogens (tertiary/aromatic N) is 1. The molecule has 1 aromatic carbocycles. The maximum atomic E-state index is 11.8. The summed E-state index contributed by atoms with van der Waals surface area (Å²) in [5.41, 5.74) is 2.16. The molecule has 1 aliphatic heterocycles. The number of para-hydroxylation sites is 1. The SMILES string of the molecule is CC(=O)CCCCN1C(=O)Cc2ccccc21. The lowest BCUT2D eigenvalue weighted by Crippen LogP contribution is -2.27. The van der Waals surface area contributed by atoms with Gasteiger partial charge in [-0.1, -0.05) is 18.2 Å². The van der Waals surface area contributed by atoms with Crippen molar-refractivity contribution >= 4 is 17.4 Å². The largest absolute Gasteiger partial charge is 0.312 e. The van der Waals surface area contributed by atoms with Gasteiger partial charge in [0.1, 0.15) is 5.78 Å². The third kappa shape index (κ3) is 2.73. The first-order valence-electron chi connectivity index (χ1n) is 6.06. The van der Waals surface area contributed by atoms with Crippen LogP contribution in [0.5, 0.6) is 0 Å². The van der Waals surface area contributed by atoms with E-state index < -0.39 is 0 Å². The van der Waals surface area contributed by atoms with Crippen LogP contribution >= 0.6 is 0 Å². The van der Waals surface area contributed by atoms with Gasteiger partial charge in [0, 0.05) is 18.7 Å². The first kappa shape index (κ1) is 11.8. The summed E-state index contributed by atoms with van der Waals surface area (Å²) < 4.78 is 0. The summed E-state index contributed by atoms with van der Waals surface area (Å²) in [7, 11) is 0. The van der Waals surface area contributed by atoms with Gasteiger partial charge in [0.2, 0.25) is 5.91 Å². The van der Waals surface area contributed by atoms with Crippen molar-refractivity contribution < 1.29 is 9.59 Å². The van der Waals surface area contributed by atoms with Crippen LogP contribution in [0.25, 0.3) is 0 Å². The standard InChI is InChI=1S/C14H17NO2/c1-11(16)6-4-5-9-15-13-8-3-2-7-12(13)10-14(15)17/h2-3,7-8H,4-6,9-10H2,1H3. The lowest BCUT2D eigenvalue weighted by atomic mass is 10.1. The van der Waals surface area contributed by atoms with E-state index >= 15 is 0 Å². The molecule has 0 aromatic heterocycles. The van der Waals surface area contributed by atoms with E-state index in [0.29, 0.717) is 12.8 Å². The highest BCUT2D eigenvalue weighted by Crippen LogP contribution is 2.28. The summed E-state index contributed by atoms with van der Waals surface area (Å²) in [6.07, 6.45) is 2.88. The second kappa shape index (κ2) is 5.13. The molecule has 1 aliphatic rings. The number of hydrogen-bond acceptors (Lipinski definition) is 2. The highest BCUT2D eigenvalue weighted by molar-refractivity contribution is 6.01. The molecule has 0 spiro atoms. The lowest BCUT2D eigenvalue weighted by molar-refractivity contribution is -0.117. The second-order valence-electron chi connectivity index (χ2n) is 4.51. The van der Waals surface area contributed by atoms with Crippen LogP contribution in [0.2, 0.25) is 0 Å². The van der Waals surface area contributed by atoms with Gasteiger partial charge >= 0.3 is 0 Å². The van der Waals surface area contributed by atoms with E-state index in [-0.39, 0.29) is 11.7 Å². The normalized spacial score (nSPS) is 13.9. The molecule has 0 N–H and O–H groups in total. The molecule has 1 amide bonds. The Hall–Kier alpha value is -1.64. The van der Waals surface area contributed by atoms with Gasteiger partial charge in [-0.15, -0.1) is 0 Å². The zero-order valence-corrected chi connectivity index (χ0v) is 10.1. The second-order valence-corrected chi connectivity index (χ2v) is 4.51. The molecule has 1 aromatic rings. The number of amides is 1. The number of hydrogen-bond donors (Lipinski definition) is 0. The van der Waals surface area contributed by atoms with Gasteiger partial charge in [0.05, 0.1) is 6.42 Å². The highest BCUT2D eigenvalue weighted by atomic mass is 16.2. The van der Waals surface area contributed by atoms with Crippen LogP contribution in [0, 0.1) is 0 Å². The van der Waals surface area contributed by atoms with Gasteiger partial charge in [0.15, 0.2) is 0 Å². The van der Waals surface area contributed by atoms with Crippen molar-refractivity contribution in [1.29, 1.82) is 0 Å². The molecule has 0 saturated heterocycles.